The van der Waals surface area contributed by atoms with Gasteiger partial charge in [-0.15, -0.1) is 0 Å². The lowest BCUT2D eigenvalue weighted by Gasteiger charge is -2.35. The zero-order chi connectivity index (χ0) is 25.7. The minimum atomic E-state index is 0.719. The third kappa shape index (κ3) is 9.55. The third-order valence-electron chi connectivity index (χ3n) is 7.74. The van der Waals surface area contributed by atoms with Gasteiger partial charge in [0.2, 0.25) is 5.95 Å². The van der Waals surface area contributed by atoms with E-state index in [4.69, 9.17) is 4.98 Å². The molecule has 4 rings (SSSR count). The fraction of sp³-hybridized carbons (Fsp3) is 0.667. The lowest BCUT2D eigenvalue weighted by Crippen LogP contribution is -2.47. The van der Waals surface area contributed by atoms with Crippen molar-refractivity contribution < 1.29 is 0 Å². The van der Waals surface area contributed by atoms with E-state index in [1.165, 1.54) is 69.0 Å². The summed E-state index contributed by atoms with van der Waals surface area (Å²) in [6.45, 7) is 13.7. The molecule has 3 N–H and O–H groups in total. The van der Waals surface area contributed by atoms with E-state index in [0.717, 1.165) is 75.9 Å². The Kier molecular flexibility index (Phi) is 11.5. The predicted octanol–water partition coefficient (Wildman–Crippen LogP) is 4.72. The number of hydrogen-bond donors (Lipinski definition) is 3. The van der Waals surface area contributed by atoms with Gasteiger partial charge in [-0.2, -0.15) is 4.98 Å². The maximum absolute atomic E-state index is 4.84. The van der Waals surface area contributed by atoms with Crippen molar-refractivity contribution in [2.45, 2.75) is 84.3 Å². The number of nitrogens with zero attached hydrogens (tertiary/aromatic N) is 4. The van der Waals surface area contributed by atoms with Crippen LogP contribution in [-0.4, -0.2) is 66.7 Å². The van der Waals surface area contributed by atoms with Crippen molar-refractivity contribution in [1.82, 2.24) is 25.5 Å². The summed E-state index contributed by atoms with van der Waals surface area (Å²) in [6, 6.07) is 11.7. The van der Waals surface area contributed by atoms with Crippen LogP contribution >= 0.6 is 0 Å². The van der Waals surface area contributed by atoms with E-state index in [2.05, 4.69) is 74.9 Å². The van der Waals surface area contributed by atoms with E-state index >= 15 is 0 Å². The van der Waals surface area contributed by atoms with Crippen LogP contribution in [0.4, 0.5) is 11.8 Å². The second kappa shape index (κ2) is 15.3. The first kappa shape index (κ1) is 27.8. The van der Waals surface area contributed by atoms with Crippen molar-refractivity contribution in [3.05, 3.63) is 47.2 Å². The van der Waals surface area contributed by atoms with Crippen LogP contribution in [0.1, 0.15) is 75.1 Å². The number of benzene rings is 1. The molecule has 2 aromatic rings. The fourth-order valence-electron chi connectivity index (χ4n) is 5.39. The Labute approximate surface area is 224 Å². The second-order valence-corrected chi connectivity index (χ2v) is 10.9. The molecule has 0 radical (unpaired) electrons. The van der Waals surface area contributed by atoms with Crippen LogP contribution in [0.3, 0.4) is 0 Å². The highest BCUT2D eigenvalue weighted by molar-refractivity contribution is 5.45. The molecule has 1 aromatic heterocycles. The monoisotopic (exact) mass is 507 g/mol. The highest BCUT2D eigenvalue weighted by Gasteiger charge is 2.18. The quantitative estimate of drug-likeness (QED) is 0.320. The van der Waals surface area contributed by atoms with Gasteiger partial charge in [-0.1, -0.05) is 56.9 Å². The van der Waals surface area contributed by atoms with Crippen molar-refractivity contribution in [1.29, 1.82) is 0 Å². The van der Waals surface area contributed by atoms with Crippen LogP contribution in [0.2, 0.25) is 0 Å². The minimum absolute atomic E-state index is 0.719. The van der Waals surface area contributed by atoms with Crippen LogP contribution in [0, 0.1) is 6.92 Å². The maximum Gasteiger partial charge on any atom is 0.225 e. The van der Waals surface area contributed by atoms with E-state index in [9.17, 15) is 0 Å². The third-order valence-corrected chi connectivity index (χ3v) is 7.74. The topological polar surface area (TPSA) is 68.3 Å². The molecular weight excluding hydrogens is 458 g/mol. The lowest BCUT2D eigenvalue weighted by molar-refractivity contribution is 0.253. The molecule has 1 aliphatic heterocycles. The summed E-state index contributed by atoms with van der Waals surface area (Å²) >= 11 is 0. The molecule has 7 nitrogen and oxygen atoms in total. The number of rotatable bonds is 14. The van der Waals surface area contributed by atoms with E-state index in [1.54, 1.807) is 0 Å². The SMILES string of the molecule is CCCCN1CCN(c2cc(C)nc(NCc3ccc(CNCCCNC4CCCCC4)cc3)n2)CC1. The zero-order valence-electron chi connectivity index (χ0n) is 23.3. The highest BCUT2D eigenvalue weighted by atomic mass is 15.3. The smallest absolute Gasteiger partial charge is 0.225 e. The molecule has 0 unspecified atom stereocenters. The van der Waals surface area contributed by atoms with Gasteiger partial charge in [0.05, 0.1) is 0 Å². The van der Waals surface area contributed by atoms with Gasteiger partial charge in [-0.05, 0) is 63.4 Å². The van der Waals surface area contributed by atoms with Crippen LogP contribution in [0.15, 0.2) is 30.3 Å². The Morgan fingerprint density at radius 3 is 2.32 bits per heavy atom. The molecule has 37 heavy (non-hydrogen) atoms. The van der Waals surface area contributed by atoms with Gasteiger partial charge in [-0.3, -0.25) is 4.90 Å². The normalized spacial score (nSPS) is 17.3. The molecular formula is C30H49N7. The number of aryl methyl sites for hydroxylation is 1. The first-order valence-electron chi connectivity index (χ1n) is 14.8. The maximum atomic E-state index is 4.84. The van der Waals surface area contributed by atoms with Crippen LogP contribution in [0.25, 0.3) is 0 Å². The van der Waals surface area contributed by atoms with Crippen molar-refractivity contribution in [3.8, 4) is 0 Å². The van der Waals surface area contributed by atoms with Gasteiger partial charge < -0.3 is 20.9 Å². The van der Waals surface area contributed by atoms with E-state index in [0.29, 0.717) is 0 Å². The molecule has 1 aliphatic carbocycles. The van der Waals surface area contributed by atoms with E-state index in [1.807, 2.05) is 0 Å². The summed E-state index contributed by atoms with van der Waals surface area (Å²) in [5, 5.41) is 10.8. The standard InChI is InChI=1S/C30H49N7/c1-3-4-17-36-18-20-37(21-19-36)29-22-25(2)34-30(35-29)33-24-27-13-11-26(12-14-27)23-31-15-8-16-32-28-9-6-5-7-10-28/h11-14,22,28,31-32H,3-10,15-21,23-24H2,1-2H3,(H,33,34,35). The molecule has 2 fully saturated rings. The highest BCUT2D eigenvalue weighted by Crippen LogP contribution is 2.18. The van der Waals surface area contributed by atoms with Crippen LogP contribution in [-0.2, 0) is 13.1 Å². The van der Waals surface area contributed by atoms with Gasteiger partial charge in [0.15, 0.2) is 0 Å². The molecule has 2 heterocycles. The molecule has 0 spiro atoms. The summed E-state index contributed by atoms with van der Waals surface area (Å²) in [4.78, 5) is 14.4. The number of anilines is 2. The summed E-state index contributed by atoms with van der Waals surface area (Å²) in [6.07, 6.45) is 10.7. The summed E-state index contributed by atoms with van der Waals surface area (Å²) in [5.74, 6) is 1.76. The van der Waals surface area contributed by atoms with Gasteiger partial charge in [0.25, 0.3) is 0 Å². The van der Waals surface area contributed by atoms with Gasteiger partial charge >= 0.3 is 0 Å². The summed E-state index contributed by atoms with van der Waals surface area (Å²) in [5.41, 5.74) is 3.59. The fourth-order valence-corrected chi connectivity index (χ4v) is 5.39. The van der Waals surface area contributed by atoms with Gasteiger partial charge in [0.1, 0.15) is 5.82 Å². The molecule has 2 aliphatic rings. The van der Waals surface area contributed by atoms with Crippen molar-refractivity contribution in [2.24, 2.45) is 0 Å². The molecule has 0 amide bonds. The van der Waals surface area contributed by atoms with Crippen molar-refractivity contribution in [3.63, 3.8) is 0 Å². The Bertz CT molecular complexity index is 903. The van der Waals surface area contributed by atoms with Crippen molar-refractivity contribution in [2.75, 3.05) is 56.0 Å². The average Bonchev–Trinajstić information content (AvgIpc) is 2.94. The molecule has 204 valence electrons. The second-order valence-electron chi connectivity index (χ2n) is 10.9. The Morgan fingerprint density at radius 1 is 0.865 bits per heavy atom. The predicted molar refractivity (Wildman–Crippen MR) is 155 cm³/mol. The van der Waals surface area contributed by atoms with E-state index in [-0.39, 0.29) is 0 Å². The Balaban J connectivity index is 1.15. The van der Waals surface area contributed by atoms with Gasteiger partial charge in [-0.25, -0.2) is 4.98 Å². The molecule has 1 saturated carbocycles. The largest absolute Gasteiger partial charge is 0.354 e. The summed E-state index contributed by atoms with van der Waals surface area (Å²) in [7, 11) is 0. The average molecular weight is 508 g/mol. The number of nitrogens with one attached hydrogen (secondary N) is 3. The molecule has 1 saturated heterocycles. The van der Waals surface area contributed by atoms with E-state index < -0.39 is 0 Å². The van der Waals surface area contributed by atoms with Crippen LogP contribution < -0.4 is 20.9 Å². The van der Waals surface area contributed by atoms with Gasteiger partial charge in [0, 0.05) is 57.1 Å². The Hall–Kier alpha value is -2.22. The molecule has 0 atom stereocenters. The summed E-state index contributed by atoms with van der Waals surface area (Å²) < 4.78 is 0. The number of aromatic nitrogens is 2. The molecule has 0 bridgehead atoms. The lowest BCUT2D eigenvalue weighted by atomic mass is 9.95. The molecule has 7 heteroatoms. The number of piperazine rings is 1. The minimum Gasteiger partial charge on any atom is -0.354 e. The number of hydrogen-bond acceptors (Lipinski definition) is 7. The zero-order valence-corrected chi connectivity index (χ0v) is 23.3. The van der Waals surface area contributed by atoms with Crippen molar-refractivity contribution >= 4 is 11.8 Å². The first-order chi connectivity index (χ1) is 18.2. The van der Waals surface area contributed by atoms with Crippen LogP contribution in [0.5, 0.6) is 0 Å². The number of unbranched alkanes of at least 4 members (excludes halogenated alkanes) is 1. The molecule has 1 aromatic carbocycles. The Morgan fingerprint density at radius 2 is 1.59 bits per heavy atom. The first-order valence-corrected chi connectivity index (χ1v) is 14.8.